The van der Waals surface area contributed by atoms with Crippen LogP contribution in [0, 0.1) is 0 Å². The molecule has 0 spiro atoms. The minimum Gasteiger partial charge on any atom is -0.318 e. The fourth-order valence-electron chi connectivity index (χ4n) is 2.14. The van der Waals surface area contributed by atoms with Crippen LogP contribution in [-0.4, -0.2) is 88.5 Å². The molecule has 0 amide bonds. The van der Waals surface area contributed by atoms with Gasteiger partial charge in [-0.3, -0.25) is 14.8 Å². The minimum atomic E-state index is 0.897. The first-order chi connectivity index (χ1) is 8.86. The predicted molar refractivity (Wildman–Crippen MR) is 78.7 cm³/mol. The Balaban J connectivity index is 1.95. The highest BCUT2D eigenvalue weighted by Gasteiger charge is 2.15. The van der Waals surface area contributed by atoms with Gasteiger partial charge in [0.05, 0.1) is 6.54 Å². The average molecular weight is 255 g/mol. The lowest BCUT2D eigenvalue weighted by Gasteiger charge is -2.34. The van der Waals surface area contributed by atoms with E-state index in [1.165, 1.54) is 32.7 Å². The van der Waals surface area contributed by atoms with Crippen molar-refractivity contribution in [2.75, 3.05) is 72.5 Å². The van der Waals surface area contributed by atoms with Crippen molar-refractivity contribution in [3.05, 3.63) is 0 Å². The standard InChI is InChI=1S/C13H29N5/c1-3-15-4-5-16-7-9-18-12-10-17(11-13-18)8-6-14-2/h3,14,16H,4-13H2,1-2H3. The predicted octanol–water partition coefficient (Wildman–Crippen LogP) is -0.496. The van der Waals surface area contributed by atoms with Gasteiger partial charge in [0.25, 0.3) is 0 Å². The Hall–Kier alpha value is -0.490. The number of nitrogens with zero attached hydrogens (tertiary/aromatic N) is 3. The molecule has 1 aliphatic heterocycles. The number of hydrogen-bond acceptors (Lipinski definition) is 5. The lowest BCUT2D eigenvalue weighted by molar-refractivity contribution is 0.134. The van der Waals surface area contributed by atoms with Crippen molar-refractivity contribution in [1.82, 2.24) is 20.4 Å². The van der Waals surface area contributed by atoms with Crippen molar-refractivity contribution in [1.29, 1.82) is 0 Å². The zero-order valence-corrected chi connectivity index (χ0v) is 12.0. The van der Waals surface area contributed by atoms with Gasteiger partial charge in [0, 0.05) is 58.9 Å². The van der Waals surface area contributed by atoms with E-state index in [2.05, 4.69) is 25.4 Å². The number of aliphatic imine (C=N–C) groups is 1. The van der Waals surface area contributed by atoms with Gasteiger partial charge < -0.3 is 10.6 Å². The topological polar surface area (TPSA) is 42.9 Å². The Morgan fingerprint density at radius 3 is 2.17 bits per heavy atom. The molecule has 0 atom stereocenters. The summed E-state index contributed by atoms with van der Waals surface area (Å²) in [4.78, 5) is 9.27. The Morgan fingerprint density at radius 1 is 1.00 bits per heavy atom. The fraction of sp³-hybridized carbons (Fsp3) is 0.923. The van der Waals surface area contributed by atoms with Crippen LogP contribution in [0.1, 0.15) is 6.92 Å². The maximum absolute atomic E-state index is 4.18. The summed E-state index contributed by atoms with van der Waals surface area (Å²) >= 11 is 0. The lowest BCUT2D eigenvalue weighted by Crippen LogP contribution is -2.49. The highest BCUT2D eigenvalue weighted by Crippen LogP contribution is 1.99. The molecular weight excluding hydrogens is 226 g/mol. The molecular formula is C13H29N5. The van der Waals surface area contributed by atoms with E-state index in [1.807, 2.05) is 20.2 Å². The molecule has 0 bridgehead atoms. The summed E-state index contributed by atoms with van der Waals surface area (Å²) in [5.41, 5.74) is 0. The summed E-state index contributed by atoms with van der Waals surface area (Å²) in [6.07, 6.45) is 1.87. The van der Waals surface area contributed by atoms with Gasteiger partial charge in [0.15, 0.2) is 0 Å². The normalized spacial score (nSPS) is 18.8. The molecule has 0 aliphatic carbocycles. The van der Waals surface area contributed by atoms with Crippen LogP contribution in [0.5, 0.6) is 0 Å². The Bertz CT molecular complexity index is 211. The average Bonchev–Trinajstić information content (AvgIpc) is 2.42. The first kappa shape index (κ1) is 15.6. The lowest BCUT2D eigenvalue weighted by atomic mass is 10.3. The largest absolute Gasteiger partial charge is 0.318 e. The number of likely N-dealkylation sites (N-methyl/N-ethyl adjacent to an activating group) is 1. The van der Waals surface area contributed by atoms with Gasteiger partial charge in [0.2, 0.25) is 0 Å². The van der Waals surface area contributed by atoms with E-state index in [1.54, 1.807) is 0 Å². The molecule has 0 aromatic carbocycles. The molecule has 0 aromatic heterocycles. The van der Waals surface area contributed by atoms with Crippen LogP contribution >= 0.6 is 0 Å². The second-order valence-corrected chi connectivity index (χ2v) is 4.70. The monoisotopic (exact) mass is 255 g/mol. The third-order valence-electron chi connectivity index (χ3n) is 3.35. The highest BCUT2D eigenvalue weighted by atomic mass is 15.3. The molecule has 0 radical (unpaired) electrons. The zero-order chi connectivity index (χ0) is 13.1. The van der Waals surface area contributed by atoms with E-state index < -0.39 is 0 Å². The molecule has 1 saturated heterocycles. The van der Waals surface area contributed by atoms with Crippen molar-refractivity contribution in [3.63, 3.8) is 0 Å². The molecule has 1 fully saturated rings. The molecule has 0 unspecified atom stereocenters. The third-order valence-corrected chi connectivity index (χ3v) is 3.35. The minimum absolute atomic E-state index is 0.897. The van der Waals surface area contributed by atoms with Crippen LogP contribution in [0.25, 0.3) is 0 Å². The van der Waals surface area contributed by atoms with Crippen molar-refractivity contribution in [2.24, 2.45) is 4.99 Å². The first-order valence-electron chi connectivity index (χ1n) is 7.11. The van der Waals surface area contributed by atoms with Crippen molar-refractivity contribution < 1.29 is 0 Å². The number of rotatable bonds is 9. The third kappa shape index (κ3) is 7.06. The molecule has 106 valence electrons. The molecule has 5 heteroatoms. The van der Waals surface area contributed by atoms with Crippen molar-refractivity contribution in [3.8, 4) is 0 Å². The van der Waals surface area contributed by atoms with Crippen molar-refractivity contribution >= 4 is 6.21 Å². The summed E-state index contributed by atoms with van der Waals surface area (Å²) < 4.78 is 0. The zero-order valence-electron chi connectivity index (χ0n) is 12.0. The van der Waals surface area contributed by atoms with Crippen LogP contribution in [-0.2, 0) is 0 Å². The SMILES string of the molecule is CC=NCCNCCN1CCN(CCNC)CC1. The molecule has 5 nitrogen and oxygen atoms in total. The van der Waals surface area contributed by atoms with Crippen LogP contribution < -0.4 is 10.6 Å². The van der Waals surface area contributed by atoms with Crippen molar-refractivity contribution in [2.45, 2.75) is 6.92 Å². The van der Waals surface area contributed by atoms with E-state index >= 15 is 0 Å². The van der Waals surface area contributed by atoms with Gasteiger partial charge >= 0.3 is 0 Å². The molecule has 1 heterocycles. The van der Waals surface area contributed by atoms with Crippen LogP contribution in [0.15, 0.2) is 4.99 Å². The van der Waals surface area contributed by atoms with Gasteiger partial charge in [-0.1, -0.05) is 0 Å². The summed E-state index contributed by atoms with van der Waals surface area (Å²) in [6, 6.07) is 0. The van der Waals surface area contributed by atoms with Gasteiger partial charge in [-0.15, -0.1) is 0 Å². The van der Waals surface area contributed by atoms with Gasteiger partial charge in [-0.25, -0.2) is 0 Å². The maximum Gasteiger partial charge on any atom is 0.0510 e. The molecule has 0 aromatic rings. The van der Waals surface area contributed by atoms with E-state index in [0.717, 1.165) is 32.7 Å². The van der Waals surface area contributed by atoms with Gasteiger partial charge in [-0.2, -0.15) is 0 Å². The van der Waals surface area contributed by atoms with E-state index in [-0.39, 0.29) is 0 Å². The first-order valence-corrected chi connectivity index (χ1v) is 7.11. The molecule has 2 N–H and O–H groups in total. The maximum atomic E-state index is 4.18. The molecule has 1 aliphatic rings. The van der Waals surface area contributed by atoms with Crippen LogP contribution in [0.4, 0.5) is 0 Å². The Labute approximate surface area is 112 Å². The summed E-state index contributed by atoms with van der Waals surface area (Å²) in [5.74, 6) is 0. The second kappa shape index (κ2) is 10.4. The number of hydrogen-bond donors (Lipinski definition) is 2. The van der Waals surface area contributed by atoms with E-state index in [0.29, 0.717) is 0 Å². The van der Waals surface area contributed by atoms with Crippen LogP contribution in [0.2, 0.25) is 0 Å². The highest BCUT2D eigenvalue weighted by molar-refractivity contribution is 5.53. The quantitative estimate of drug-likeness (QED) is 0.431. The Morgan fingerprint density at radius 2 is 1.61 bits per heavy atom. The fourth-order valence-corrected chi connectivity index (χ4v) is 2.14. The summed E-state index contributed by atoms with van der Waals surface area (Å²) in [7, 11) is 2.02. The summed E-state index contributed by atoms with van der Waals surface area (Å²) in [5, 5.41) is 6.64. The number of piperazine rings is 1. The molecule has 0 saturated carbocycles. The molecule has 18 heavy (non-hydrogen) atoms. The Kier molecular flexibility index (Phi) is 9.02. The number of nitrogens with one attached hydrogen (secondary N) is 2. The van der Waals surface area contributed by atoms with Crippen LogP contribution in [0.3, 0.4) is 0 Å². The van der Waals surface area contributed by atoms with E-state index in [9.17, 15) is 0 Å². The second-order valence-electron chi connectivity index (χ2n) is 4.70. The van der Waals surface area contributed by atoms with Gasteiger partial charge in [0.1, 0.15) is 0 Å². The van der Waals surface area contributed by atoms with E-state index in [4.69, 9.17) is 0 Å². The van der Waals surface area contributed by atoms with Gasteiger partial charge in [-0.05, 0) is 20.2 Å². The molecule has 1 rings (SSSR count). The smallest absolute Gasteiger partial charge is 0.0510 e. The summed E-state index contributed by atoms with van der Waals surface area (Å²) in [6.45, 7) is 13.2.